The second-order valence-electron chi connectivity index (χ2n) is 8.01. The zero-order valence-electron chi connectivity index (χ0n) is 16.9. The van der Waals surface area contributed by atoms with Crippen LogP contribution in [0.2, 0.25) is 5.02 Å². The van der Waals surface area contributed by atoms with E-state index in [1.165, 1.54) is 6.07 Å². The van der Waals surface area contributed by atoms with Gasteiger partial charge in [-0.05, 0) is 44.7 Å². The van der Waals surface area contributed by atoms with E-state index in [-0.39, 0.29) is 41.0 Å². The number of rotatable bonds is 7. The number of anilines is 1. The topological polar surface area (TPSA) is 106 Å². The lowest BCUT2D eigenvalue weighted by atomic mass is 10.2. The molecule has 4 rings (SSSR count). The van der Waals surface area contributed by atoms with Crippen LogP contribution in [-0.2, 0) is 11.0 Å². The molecular weight excluding hydrogens is 451 g/mol. The van der Waals surface area contributed by atoms with E-state index in [0.29, 0.717) is 24.7 Å². The zero-order valence-corrected chi connectivity index (χ0v) is 17.7. The standard InChI is InChI=1S/C20H19ClF3N5O3/c1-10-6-14(27-18(26-10)28-15(30)11-2-3-11)16(31)29-19(4-5-19)9-32-17-13(21)7-12(8-25-17)20(22,23)24/h6-8,11H,2-5,9H2,1H3,(H,29,31)(H,26,27,28,30). The lowest BCUT2D eigenvalue weighted by Crippen LogP contribution is -2.42. The fourth-order valence-electron chi connectivity index (χ4n) is 2.95. The number of aromatic nitrogens is 3. The number of alkyl halides is 3. The number of carbonyl (C=O) groups excluding carboxylic acids is 2. The largest absolute Gasteiger partial charge is 0.474 e. The number of pyridine rings is 1. The van der Waals surface area contributed by atoms with Crippen molar-refractivity contribution in [3.05, 3.63) is 40.3 Å². The number of carbonyl (C=O) groups is 2. The Labute approximate surface area is 185 Å². The number of nitrogens with zero attached hydrogens (tertiary/aromatic N) is 3. The summed E-state index contributed by atoms with van der Waals surface area (Å²) < 4.78 is 43.7. The highest BCUT2D eigenvalue weighted by atomic mass is 35.5. The van der Waals surface area contributed by atoms with Gasteiger partial charge in [-0.2, -0.15) is 13.2 Å². The minimum Gasteiger partial charge on any atom is -0.474 e. The number of hydrogen-bond donors (Lipinski definition) is 2. The van der Waals surface area contributed by atoms with E-state index < -0.39 is 23.2 Å². The van der Waals surface area contributed by atoms with Gasteiger partial charge in [0.15, 0.2) is 0 Å². The van der Waals surface area contributed by atoms with Crippen molar-refractivity contribution in [2.24, 2.45) is 5.92 Å². The summed E-state index contributed by atoms with van der Waals surface area (Å²) in [5, 5.41) is 5.18. The molecular formula is C20H19ClF3N5O3. The van der Waals surface area contributed by atoms with E-state index >= 15 is 0 Å². The summed E-state index contributed by atoms with van der Waals surface area (Å²) in [7, 11) is 0. The molecule has 0 saturated heterocycles. The molecule has 8 nitrogen and oxygen atoms in total. The molecule has 0 atom stereocenters. The van der Waals surface area contributed by atoms with E-state index in [4.69, 9.17) is 16.3 Å². The molecule has 2 aliphatic carbocycles. The van der Waals surface area contributed by atoms with Gasteiger partial charge in [-0.3, -0.25) is 14.9 Å². The molecule has 170 valence electrons. The van der Waals surface area contributed by atoms with E-state index in [9.17, 15) is 22.8 Å². The maximum Gasteiger partial charge on any atom is 0.417 e. The van der Waals surface area contributed by atoms with Gasteiger partial charge in [0.25, 0.3) is 5.91 Å². The molecule has 2 saturated carbocycles. The number of halogens is 4. The van der Waals surface area contributed by atoms with Gasteiger partial charge in [0.1, 0.15) is 17.3 Å². The summed E-state index contributed by atoms with van der Waals surface area (Å²) in [5.41, 5.74) is -1.09. The maximum absolute atomic E-state index is 12.7. The average molecular weight is 470 g/mol. The van der Waals surface area contributed by atoms with Crippen molar-refractivity contribution in [2.75, 3.05) is 11.9 Å². The van der Waals surface area contributed by atoms with Gasteiger partial charge in [-0.25, -0.2) is 15.0 Å². The first kappa shape index (κ1) is 22.3. The molecule has 2 heterocycles. The smallest absolute Gasteiger partial charge is 0.417 e. The number of aryl methyl sites for hydroxylation is 1. The van der Waals surface area contributed by atoms with E-state index in [0.717, 1.165) is 18.9 Å². The van der Waals surface area contributed by atoms with Crippen molar-refractivity contribution in [1.29, 1.82) is 0 Å². The van der Waals surface area contributed by atoms with Crippen molar-refractivity contribution < 1.29 is 27.5 Å². The Bertz CT molecular complexity index is 1070. The molecule has 0 aliphatic heterocycles. The number of hydrogen-bond acceptors (Lipinski definition) is 6. The highest BCUT2D eigenvalue weighted by molar-refractivity contribution is 6.31. The minimum absolute atomic E-state index is 0.0217. The zero-order chi connectivity index (χ0) is 23.1. The average Bonchev–Trinajstić information content (AvgIpc) is 3.61. The van der Waals surface area contributed by atoms with Crippen LogP contribution in [0.4, 0.5) is 19.1 Å². The fraction of sp³-hybridized carbons (Fsp3) is 0.450. The number of nitrogens with one attached hydrogen (secondary N) is 2. The van der Waals surface area contributed by atoms with E-state index in [1.54, 1.807) is 6.92 Å². The van der Waals surface area contributed by atoms with Crippen LogP contribution in [0.25, 0.3) is 0 Å². The van der Waals surface area contributed by atoms with Crippen LogP contribution in [0.5, 0.6) is 5.88 Å². The SMILES string of the molecule is Cc1cc(C(=O)NC2(COc3ncc(C(F)(F)F)cc3Cl)CC2)nc(NC(=O)C2CC2)n1. The van der Waals surface area contributed by atoms with Crippen molar-refractivity contribution in [3.8, 4) is 5.88 Å². The molecule has 2 fully saturated rings. The third-order valence-corrected chi connectivity index (χ3v) is 5.39. The van der Waals surface area contributed by atoms with Gasteiger partial charge in [-0.1, -0.05) is 11.6 Å². The van der Waals surface area contributed by atoms with Gasteiger partial charge in [0.2, 0.25) is 17.7 Å². The maximum atomic E-state index is 12.7. The van der Waals surface area contributed by atoms with Crippen molar-refractivity contribution >= 4 is 29.4 Å². The molecule has 2 amide bonds. The highest BCUT2D eigenvalue weighted by Crippen LogP contribution is 2.38. The Kier molecular flexibility index (Phi) is 5.70. The Hall–Kier alpha value is -2.95. The van der Waals surface area contributed by atoms with Crippen molar-refractivity contribution in [3.63, 3.8) is 0 Å². The Morgan fingerprint density at radius 2 is 1.97 bits per heavy atom. The summed E-state index contributed by atoms with van der Waals surface area (Å²) >= 11 is 5.86. The molecule has 2 N–H and O–H groups in total. The van der Waals surface area contributed by atoms with Crippen LogP contribution in [0, 0.1) is 12.8 Å². The lowest BCUT2D eigenvalue weighted by molar-refractivity contribution is -0.137. The summed E-state index contributed by atoms with van der Waals surface area (Å²) in [6.07, 6.45) is -1.07. The molecule has 0 radical (unpaired) electrons. The fourth-order valence-corrected chi connectivity index (χ4v) is 3.17. The first-order chi connectivity index (χ1) is 15.0. The van der Waals surface area contributed by atoms with Crippen LogP contribution >= 0.6 is 11.6 Å². The van der Waals surface area contributed by atoms with Gasteiger partial charge in [-0.15, -0.1) is 0 Å². The second-order valence-corrected chi connectivity index (χ2v) is 8.42. The third kappa shape index (κ3) is 5.26. The molecule has 12 heteroatoms. The molecule has 0 unspecified atom stereocenters. The molecule has 0 aromatic carbocycles. The minimum atomic E-state index is -4.56. The molecule has 0 spiro atoms. The van der Waals surface area contributed by atoms with Crippen LogP contribution in [0.15, 0.2) is 18.3 Å². The van der Waals surface area contributed by atoms with E-state index in [2.05, 4.69) is 25.6 Å². The van der Waals surface area contributed by atoms with Crippen LogP contribution in [-0.4, -0.2) is 38.9 Å². The van der Waals surface area contributed by atoms with Crippen molar-refractivity contribution in [1.82, 2.24) is 20.3 Å². The molecule has 2 aromatic heterocycles. The second kappa shape index (κ2) is 8.19. The summed E-state index contributed by atoms with van der Waals surface area (Å²) in [6.45, 7) is 1.66. The van der Waals surface area contributed by atoms with Gasteiger partial charge >= 0.3 is 6.18 Å². The summed E-state index contributed by atoms with van der Waals surface area (Å²) in [5.74, 6) is -0.772. The highest BCUT2D eigenvalue weighted by Gasteiger charge is 2.46. The Morgan fingerprint density at radius 3 is 2.56 bits per heavy atom. The van der Waals surface area contributed by atoms with Gasteiger partial charge in [0.05, 0.1) is 11.1 Å². The van der Waals surface area contributed by atoms with Gasteiger partial charge in [0, 0.05) is 17.8 Å². The lowest BCUT2D eigenvalue weighted by Gasteiger charge is -2.18. The molecule has 2 aliphatic rings. The predicted molar refractivity (Wildman–Crippen MR) is 107 cm³/mol. The summed E-state index contributed by atoms with van der Waals surface area (Å²) in [6, 6.07) is 2.23. The number of ether oxygens (including phenoxy) is 1. The van der Waals surface area contributed by atoms with Crippen LogP contribution in [0.1, 0.15) is 47.4 Å². The molecule has 32 heavy (non-hydrogen) atoms. The Morgan fingerprint density at radius 1 is 1.25 bits per heavy atom. The van der Waals surface area contributed by atoms with Crippen LogP contribution < -0.4 is 15.4 Å². The molecule has 2 aromatic rings. The Balaban J connectivity index is 1.39. The van der Waals surface area contributed by atoms with E-state index in [1.807, 2.05) is 0 Å². The van der Waals surface area contributed by atoms with Crippen molar-refractivity contribution in [2.45, 2.75) is 44.3 Å². The predicted octanol–water partition coefficient (Wildman–Crippen LogP) is 3.54. The first-order valence-corrected chi connectivity index (χ1v) is 10.3. The quantitative estimate of drug-likeness (QED) is 0.642. The normalized spacial score (nSPS) is 16.9. The summed E-state index contributed by atoms with van der Waals surface area (Å²) in [4.78, 5) is 36.6. The monoisotopic (exact) mass is 469 g/mol. The number of amides is 2. The third-order valence-electron chi connectivity index (χ3n) is 5.12. The molecule has 0 bridgehead atoms. The first-order valence-electron chi connectivity index (χ1n) is 9.89. The van der Waals surface area contributed by atoms with Gasteiger partial charge < -0.3 is 10.1 Å². The van der Waals surface area contributed by atoms with Crippen LogP contribution in [0.3, 0.4) is 0 Å².